The molecule has 0 aliphatic heterocycles. The van der Waals surface area contributed by atoms with Gasteiger partial charge in [-0.25, -0.2) is 9.13 Å². The Morgan fingerprint density at radius 3 is 0.807 bits per heavy atom. The van der Waals surface area contributed by atoms with Crippen LogP contribution in [-0.4, -0.2) is 96.7 Å². The fraction of sp³-hybridized carbons (Fsp3) is 0.942. The summed E-state index contributed by atoms with van der Waals surface area (Å²) in [4.78, 5) is 72.5. The number of hydrogen-bond donors (Lipinski definition) is 3. The Morgan fingerprint density at radius 1 is 0.318 bits per heavy atom. The van der Waals surface area contributed by atoms with Crippen molar-refractivity contribution in [3.05, 3.63) is 0 Å². The lowest BCUT2D eigenvalue weighted by Gasteiger charge is -2.21. The van der Waals surface area contributed by atoms with Crippen LogP contribution in [0.2, 0.25) is 0 Å². The van der Waals surface area contributed by atoms with E-state index in [0.29, 0.717) is 31.6 Å². The van der Waals surface area contributed by atoms with Crippen LogP contribution in [0, 0.1) is 23.7 Å². The molecule has 0 amide bonds. The lowest BCUT2D eigenvalue weighted by molar-refractivity contribution is -0.161. The van der Waals surface area contributed by atoms with Gasteiger partial charge >= 0.3 is 39.5 Å². The van der Waals surface area contributed by atoms with Gasteiger partial charge in [-0.05, 0) is 49.4 Å². The molecule has 0 fully saturated rings. The maximum absolute atomic E-state index is 13.0. The Morgan fingerprint density at radius 2 is 0.545 bits per heavy atom. The van der Waals surface area contributed by atoms with E-state index in [-0.39, 0.29) is 25.7 Å². The van der Waals surface area contributed by atoms with Crippen molar-refractivity contribution in [1.29, 1.82) is 0 Å². The molecule has 0 aromatic carbocycles. The quantitative estimate of drug-likeness (QED) is 0.0222. The first-order valence-electron chi connectivity index (χ1n) is 35.7. The number of carbonyl (C=O) groups excluding carboxylic acids is 4. The van der Waals surface area contributed by atoms with Gasteiger partial charge in [-0.1, -0.05) is 287 Å². The molecule has 0 saturated heterocycles. The monoisotopic (exact) mass is 1300 g/mol. The van der Waals surface area contributed by atoms with E-state index in [1.54, 1.807) is 0 Å². The number of aliphatic hydroxyl groups excluding tert-OH is 1. The second-order valence-electron chi connectivity index (χ2n) is 26.6. The van der Waals surface area contributed by atoms with Gasteiger partial charge in [0.15, 0.2) is 12.2 Å². The molecule has 4 unspecified atom stereocenters. The molecule has 0 rings (SSSR count). The Hall–Kier alpha value is -1.94. The SMILES string of the molecule is CCC(C)CCCCCCCCCCCCC(=O)OC[C@H](COP(=O)(O)OCC(O)COP(=O)(O)OC[C@@H](COC(=O)CCCCCCCCCC(C)C)OC(=O)CCCCCCCCCCC(C)C)OC(=O)CCCCCCCCCCCCC(C)C. The summed E-state index contributed by atoms with van der Waals surface area (Å²) in [5.41, 5.74) is 0. The molecular formula is C69H134O17P2. The zero-order valence-electron chi connectivity index (χ0n) is 57.3. The number of carbonyl (C=O) groups is 4. The van der Waals surface area contributed by atoms with Crippen LogP contribution in [0.25, 0.3) is 0 Å². The summed E-state index contributed by atoms with van der Waals surface area (Å²) < 4.78 is 68.2. The van der Waals surface area contributed by atoms with E-state index in [1.807, 2.05) is 0 Å². The zero-order valence-corrected chi connectivity index (χ0v) is 59.1. The second-order valence-corrected chi connectivity index (χ2v) is 29.5. The number of unbranched alkanes of at least 4 members (excludes halogenated alkanes) is 31. The van der Waals surface area contributed by atoms with Crippen molar-refractivity contribution < 1.29 is 80.2 Å². The molecular weight excluding hydrogens is 1160 g/mol. The highest BCUT2D eigenvalue weighted by atomic mass is 31.2. The van der Waals surface area contributed by atoms with Gasteiger partial charge in [0.2, 0.25) is 0 Å². The van der Waals surface area contributed by atoms with E-state index in [2.05, 4.69) is 55.4 Å². The maximum Gasteiger partial charge on any atom is 0.472 e. The normalized spacial score (nSPS) is 14.6. The number of ether oxygens (including phenoxy) is 4. The topological polar surface area (TPSA) is 237 Å². The first kappa shape index (κ1) is 86.1. The molecule has 0 radical (unpaired) electrons. The standard InChI is InChI=1S/C69H134O17P2/c1-9-62(8)48-40-32-24-15-11-13-16-25-33-41-49-66(71)79-55-64(85-68(73)51-43-35-26-17-12-10-14-21-29-37-45-59(2)3)57-83-87(75,76)81-53-63(70)54-82-88(77,78)84-58-65(56-80-67(72)50-42-34-28-20-23-31-39-47-61(6)7)86-69(74)52-44-36-27-19-18-22-30-38-46-60(4)5/h59-65,70H,9-58H2,1-8H3,(H,75,76)(H,77,78)/t62?,63?,64-,65-/m1/s1. The molecule has 522 valence electrons. The Kier molecular flexibility index (Phi) is 57.6. The van der Waals surface area contributed by atoms with Gasteiger partial charge in [-0.2, -0.15) is 0 Å². The largest absolute Gasteiger partial charge is 0.472 e. The van der Waals surface area contributed by atoms with E-state index in [0.717, 1.165) is 114 Å². The molecule has 6 atom stereocenters. The second kappa shape index (κ2) is 58.8. The van der Waals surface area contributed by atoms with Gasteiger partial charge in [-0.3, -0.25) is 37.3 Å². The Labute approximate surface area is 537 Å². The average molecular weight is 1300 g/mol. The van der Waals surface area contributed by atoms with Gasteiger partial charge in [-0.15, -0.1) is 0 Å². The molecule has 3 N–H and O–H groups in total. The van der Waals surface area contributed by atoms with Crippen molar-refractivity contribution in [3.8, 4) is 0 Å². The van der Waals surface area contributed by atoms with Crippen molar-refractivity contribution in [2.45, 2.75) is 356 Å². The summed E-state index contributed by atoms with van der Waals surface area (Å²) >= 11 is 0. The molecule has 0 bridgehead atoms. The highest BCUT2D eigenvalue weighted by molar-refractivity contribution is 7.47. The minimum atomic E-state index is -4.95. The van der Waals surface area contributed by atoms with Gasteiger partial charge in [0.05, 0.1) is 26.4 Å². The summed E-state index contributed by atoms with van der Waals surface area (Å²) in [6.07, 6.45) is 40.3. The fourth-order valence-corrected chi connectivity index (χ4v) is 11.9. The molecule has 0 aliphatic rings. The predicted molar refractivity (Wildman–Crippen MR) is 354 cm³/mol. The van der Waals surface area contributed by atoms with Crippen molar-refractivity contribution in [1.82, 2.24) is 0 Å². The van der Waals surface area contributed by atoms with Crippen LogP contribution in [0.5, 0.6) is 0 Å². The fourth-order valence-electron chi connectivity index (χ4n) is 10.3. The van der Waals surface area contributed by atoms with Crippen LogP contribution in [0.4, 0.5) is 0 Å². The Balaban J connectivity index is 5.26. The molecule has 19 heteroatoms. The molecule has 0 spiro atoms. The van der Waals surface area contributed by atoms with E-state index in [4.69, 9.17) is 37.0 Å². The third-order valence-electron chi connectivity index (χ3n) is 16.2. The third kappa shape index (κ3) is 61.6. The van der Waals surface area contributed by atoms with Gasteiger partial charge in [0.25, 0.3) is 0 Å². The highest BCUT2D eigenvalue weighted by Crippen LogP contribution is 2.45. The molecule has 0 saturated carbocycles. The maximum atomic E-state index is 13.0. The van der Waals surface area contributed by atoms with Crippen LogP contribution >= 0.6 is 15.6 Å². The number of aliphatic hydroxyl groups is 1. The minimum Gasteiger partial charge on any atom is -0.462 e. The number of esters is 4. The summed E-state index contributed by atoms with van der Waals surface area (Å²) in [6, 6.07) is 0. The summed E-state index contributed by atoms with van der Waals surface area (Å²) in [5.74, 6) is 0.852. The summed E-state index contributed by atoms with van der Waals surface area (Å²) in [7, 11) is -9.90. The number of phosphoric acid groups is 2. The first-order chi connectivity index (χ1) is 42.1. The number of hydrogen-bond acceptors (Lipinski definition) is 15. The lowest BCUT2D eigenvalue weighted by Crippen LogP contribution is -2.30. The molecule has 0 aliphatic carbocycles. The van der Waals surface area contributed by atoms with Crippen LogP contribution in [0.15, 0.2) is 0 Å². The van der Waals surface area contributed by atoms with Crippen LogP contribution < -0.4 is 0 Å². The van der Waals surface area contributed by atoms with Crippen LogP contribution in [-0.2, 0) is 65.4 Å². The average Bonchev–Trinajstić information content (AvgIpc) is 3.67. The predicted octanol–water partition coefficient (Wildman–Crippen LogP) is 19.3. The minimum absolute atomic E-state index is 0.103. The first-order valence-corrected chi connectivity index (χ1v) is 38.7. The zero-order chi connectivity index (χ0) is 65.4. The Bertz CT molecular complexity index is 1750. The van der Waals surface area contributed by atoms with Crippen molar-refractivity contribution >= 4 is 39.5 Å². The number of rotatable bonds is 66. The smallest absolute Gasteiger partial charge is 0.462 e. The van der Waals surface area contributed by atoms with Crippen molar-refractivity contribution in [2.75, 3.05) is 39.6 Å². The highest BCUT2D eigenvalue weighted by Gasteiger charge is 2.30. The van der Waals surface area contributed by atoms with E-state index in [9.17, 15) is 43.2 Å². The lowest BCUT2D eigenvalue weighted by atomic mass is 9.99. The summed E-state index contributed by atoms with van der Waals surface area (Å²) in [5, 5.41) is 10.6. The van der Waals surface area contributed by atoms with Crippen LogP contribution in [0.3, 0.4) is 0 Å². The van der Waals surface area contributed by atoms with E-state index >= 15 is 0 Å². The molecule has 0 aromatic rings. The van der Waals surface area contributed by atoms with Gasteiger partial charge < -0.3 is 33.8 Å². The third-order valence-corrected chi connectivity index (χ3v) is 18.1. The van der Waals surface area contributed by atoms with Crippen molar-refractivity contribution in [3.63, 3.8) is 0 Å². The summed E-state index contributed by atoms with van der Waals surface area (Å²) in [6.45, 7) is 14.1. The molecule has 17 nitrogen and oxygen atoms in total. The van der Waals surface area contributed by atoms with Crippen molar-refractivity contribution in [2.24, 2.45) is 23.7 Å². The number of phosphoric ester groups is 2. The molecule has 88 heavy (non-hydrogen) atoms. The van der Waals surface area contributed by atoms with Gasteiger partial charge in [0, 0.05) is 25.7 Å². The van der Waals surface area contributed by atoms with E-state index < -0.39 is 97.5 Å². The van der Waals surface area contributed by atoms with E-state index in [1.165, 1.54) is 135 Å². The molecule has 0 aromatic heterocycles. The van der Waals surface area contributed by atoms with Crippen LogP contribution in [0.1, 0.15) is 338 Å². The molecule has 0 heterocycles. The van der Waals surface area contributed by atoms with Gasteiger partial charge in [0.1, 0.15) is 19.3 Å².